The molecule has 2 rings (SSSR count). The topological polar surface area (TPSA) is 44.6 Å². The van der Waals surface area contributed by atoms with Gasteiger partial charge in [0.05, 0.1) is 11.9 Å². The Bertz CT molecular complexity index is 480. The molecule has 0 radical (unpaired) electrons. The van der Waals surface area contributed by atoms with E-state index in [2.05, 4.69) is 10.5 Å². The van der Waals surface area contributed by atoms with Gasteiger partial charge >= 0.3 is 0 Å². The Kier molecular flexibility index (Phi) is 3.18. The van der Waals surface area contributed by atoms with E-state index in [-0.39, 0.29) is 5.75 Å². The second-order valence-corrected chi connectivity index (χ2v) is 3.30. The largest absolute Gasteiger partial charge is 0.506 e. The molecule has 3 heteroatoms. The summed E-state index contributed by atoms with van der Waals surface area (Å²) in [6.45, 7) is 0. The number of nitrogens with one attached hydrogen (secondary N) is 1. The minimum atomic E-state index is 0.188. The monoisotopic (exact) mass is 212 g/mol. The van der Waals surface area contributed by atoms with Crippen LogP contribution in [0, 0.1) is 0 Å². The Balaban J connectivity index is 2.03. The molecule has 80 valence electrons. The third-order valence-electron chi connectivity index (χ3n) is 2.10. The Hall–Kier alpha value is -2.29. The van der Waals surface area contributed by atoms with Gasteiger partial charge in [-0.15, -0.1) is 0 Å². The molecule has 0 aromatic heterocycles. The minimum Gasteiger partial charge on any atom is -0.506 e. The molecular weight excluding hydrogens is 200 g/mol. The van der Waals surface area contributed by atoms with Crippen LogP contribution in [0.1, 0.15) is 5.56 Å². The van der Waals surface area contributed by atoms with E-state index >= 15 is 0 Å². The Morgan fingerprint density at radius 1 is 0.938 bits per heavy atom. The second kappa shape index (κ2) is 4.98. The number of rotatable bonds is 3. The molecule has 16 heavy (non-hydrogen) atoms. The summed E-state index contributed by atoms with van der Waals surface area (Å²) in [7, 11) is 0. The summed E-state index contributed by atoms with van der Waals surface area (Å²) < 4.78 is 0. The standard InChI is InChI=1S/C13H12N2O/c16-13-9-5-4-8-12(13)15-14-10-11-6-2-1-3-7-11/h1-10,15-16H/b14-10-. The van der Waals surface area contributed by atoms with Crippen LogP contribution in [-0.2, 0) is 0 Å². The zero-order chi connectivity index (χ0) is 11.2. The zero-order valence-corrected chi connectivity index (χ0v) is 8.67. The lowest BCUT2D eigenvalue weighted by atomic mass is 10.2. The van der Waals surface area contributed by atoms with Crippen molar-refractivity contribution in [1.29, 1.82) is 0 Å². The van der Waals surface area contributed by atoms with Crippen LogP contribution in [0.2, 0.25) is 0 Å². The van der Waals surface area contributed by atoms with Crippen molar-refractivity contribution in [3.8, 4) is 5.75 Å². The van der Waals surface area contributed by atoms with Crippen LogP contribution in [0.15, 0.2) is 59.7 Å². The fraction of sp³-hybridized carbons (Fsp3) is 0. The summed E-state index contributed by atoms with van der Waals surface area (Å²) in [6.07, 6.45) is 1.70. The summed E-state index contributed by atoms with van der Waals surface area (Å²) in [6, 6.07) is 16.7. The van der Waals surface area contributed by atoms with Crippen LogP contribution < -0.4 is 5.43 Å². The van der Waals surface area contributed by atoms with Gasteiger partial charge in [-0.1, -0.05) is 42.5 Å². The van der Waals surface area contributed by atoms with Gasteiger partial charge in [0.25, 0.3) is 0 Å². The Morgan fingerprint density at radius 3 is 2.38 bits per heavy atom. The van der Waals surface area contributed by atoms with Gasteiger partial charge in [-0.2, -0.15) is 5.10 Å². The van der Waals surface area contributed by atoms with Crippen LogP contribution >= 0.6 is 0 Å². The summed E-state index contributed by atoms with van der Waals surface area (Å²) >= 11 is 0. The molecule has 2 N–H and O–H groups in total. The number of hydrogen-bond donors (Lipinski definition) is 2. The highest BCUT2D eigenvalue weighted by atomic mass is 16.3. The normalized spacial score (nSPS) is 10.5. The molecule has 3 nitrogen and oxygen atoms in total. The van der Waals surface area contributed by atoms with E-state index in [1.54, 1.807) is 24.4 Å². The molecule has 0 bridgehead atoms. The maximum atomic E-state index is 9.47. The molecule has 0 aliphatic heterocycles. The van der Waals surface area contributed by atoms with E-state index in [0.29, 0.717) is 5.69 Å². The highest BCUT2D eigenvalue weighted by molar-refractivity contribution is 5.80. The fourth-order valence-electron chi connectivity index (χ4n) is 1.28. The lowest BCUT2D eigenvalue weighted by Gasteiger charge is -2.01. The number of hydrogen-bond acceptors (Lipinski definition) is 3. The molecule has 0 atom stereocenters. The van der Waals surface area contributed by atoms with Crippen LogP contribution in [0.25, 0.3) is 0 Å². The van der Waals surface area contributed by atoms with Crippen LogP contribution in [0.4, 0.5) is 5.69 Å². The quantitative estimate of drug-likeness (QED) is 0.467. The molecule has 0 saturated carbocycles. The first-order valence-electron chi connectivity index (χ1n) is 4.98. The van der Waals surface area contributed by atoms with Gasteiger partial charge in [-0.25, -0.2) is 0 Å². The van der Waals surface area contributed by atoms with Gasteiger partial charge in [0.2, 0.25) is 0 Å². The van der Waals surface area contributed by atoms with E-state index in [0.717, 1.165) is 5.56 Å². The fourth-order valence-corrected chi connectivity index (χ4v) is 1.28. The third kappa shape index (κ3) is 2.60. The molecular formula is C13H12N2O. The zero-order valence-electron chi connectivity index (χ0n) is 8.67. The summed E-state index contributed by atoms with van der Waals surface area (Å²) in [4.78, 5) is 0. The third-order valence-corrected chi connectivity index (χ3v) is 2.10. The summed E-state index contributed by atoms with van der Waals surface area (Å²) in [5.41, 5.74) is 4.38. The van der Waals surface area contributed by atoms with Crippen LogP contribution in [0.3, 0.4) is 0 Å². The maximum absolute atomic E-state index is 9.47. The number of nitrogens with zero attached hydrogens (tertiary/aromatic N) is 1. The van der Waals surface area contributed by atoms with Crippen molar-refractivity contribution in [2.24, 2.45) is 5.10 Å². The van der Waals surface area contributed by atoms with E-state index in [1.807, 2.05) is 36.4 Å². The van der Waals surface area contributed by atoms with Crippen molar-refractivity contribution in [2.45, 2.75) is 0 Å². The van der Waals surface area contributed by atoms with E-state index in [9.17, 15) is 5.11 Å². The van der Waals surface area contributed by atoms with Crippen molar-refractivity contribution in [1.82, 2.24) is 0 Å². The Labute approximate surface area is 94.1 Å². The molecule has 0 aliphatic rings. The van der Waals surface area contributed by atoms with Crippen molar-refractivity contribution >= 4 is 11.9 Å². The van der Waals surface area contributed by atoms with Gasteiger partial charge in [-0.3, -0.25) is 5.43 Å². The SMILES string of the molecule is Oc1ccccc1N/N=C\c1ccccc1. The van der Waals surface area contributed by atoms with Gasteiger partial charge in [-0.05, 0) is 17.7 Å². The molecule has 0 fully saturated rings. The number of benzene rings is 2. The average molecular weight is 212 g/mol. The predicted octanol–water partition coefficient (Wildman–Crippen LogP) is 2.84. The lowest BCUT2D eigenvalue weighted by Crippen LogP contribution is -1.90. The van der Waals surface area contributed by atoms with E-state index < -0.39 is 0 Å². The summed E-state index contributed by atoms with van der Waals surface area (Å²) in [5.74, 6) is 0.188. The smallest absolute Gasteiger partial charge is 0.140 e. The molecule has 0 aliphatic carbocycles. The number of phenolic OH excluding ortho intramolecular Hbond substituents is 1. The average Bonchev–Trinajstić information content (AvgIpc) is 2.33. The number of phenols is 1. The molecule has 0 heterocycles. The van der Waals surface area contributed by atoms with Gasteiger partial charge < -0.3 is 5.11 Å². The number of aromatic hydroxyl groups is 1. The van der Waals surface area contributed by atoms with Crippen molar-refractivity contribution in [3.05, 3.63) is 60.2 Å². The molecule has 0 spiro atoms. The molecule has 2 aromatic rings. The van der Waals surface area contributed by atoms with E-state index in [4.69, 9.17) is 0 Å². The number of hydrazone groups is 1. The van der Waals surface area contributed by atoms with Crippen molar-refractivity contribution < 1.29 is 5.11 Å². The molecule has 0 unspecified atom stereocenters. The molecule has 2 aromatic carbocycles. The maximum Gasteiger partial charge on any atom is 0.140 e. The van der Waals surface area contributed by atoms with Gasteiger partial charge in [0.1, 0.15) is 5.75 Å². The van der Waals surface area contributed by atoms with Gasteiger partial charge in [0.15, 0.2) is 0 Å². The molecule has 0 amide bonds. The number of anilines is 1. The Morgan fingerprint density at radius 2 is 1.62 bits per heavy atom. The second-order valence-electron chi connectivity index (χ2n) is 3.30. The van der Waals surface area contributed by atoms with Crippen LogP contribution in [-0.4, -0.2) is 11.3 Å². The first-order chi connectivity index (χ1) is 7.86. The lowest BCUT2D eigenvalue weighted by molar-refractivity contribution is 0.477. The van der Waals surface area contributed by atoms with Crippen molar-refractivity contribution in [2.75, 3.05) is 5.43 Å². The number of para-hydroxylation sites is 2. The summed E-state index contributed by atoms with van der Waals surface area (Å²) in [5, 5.41) is 13.5. The first kappa shape index (κ1) is 10.2. The van der Waals surface area contributed by atoms with Crippen molar-refractivity contribution in [3.63, 3.8) is 0 Å². The predicted molar refractivity (Wildman–Crippen MR) is 65.8 cm³/mol. The highest BCUT2D eigenvalue weighted by Crippen LogP contribution is 2.21. The first-order valence-corrected chi connectivity index (χ1v) is 4.98. The highest BCUT2D eigenvalue weighted by Gasteiger charge is 1.95. The van der Waals surface area contributed by atoms with Gasteiger partial charge in [0, 0.05) is 0 Å². The minimum absolute atomic E-state index is 0.188. The van der Waals surface area contributed by atoms with E-state index in [1.165, 1.54) is 0 Å². The molecule has 0 saturated heterocycles. The van der Waals surface area contributed by atoms with Crippen LogP contribution in [0.5, 0.6) is 5.75 Å².